The molecular formula is C15H14O. The summed E-state index contributed by atoms with van der Waals surface area (Å²) in [4.78, 5) is 11.3. The normalized spacial score (nSPS) is 10.1. The van der Waals surface area contributed by atoms with E-state index in [1.807, 2.05) is 37.3 Å². The summed E-state index contributed by atoms with van der Waals surface area (Å²) in [6, 6.07) is 16.1. The van der Waals surface area contributed by atoms with Gasteiger partial charge in [-0.25, -0.2) is 0 Å². The summed E-state index contributed by atoms with van der Waals surface area (Å²) in [5.74, 6) is 0.122. The molecule has 80 valence electrons. The number of rotatable bonds is 2. The van der Waals surface area contributed by atoms with E-state index in [9.17, 15) is 4.79 Å². The first-order chi connectivity index (χ1) is 7.68. The third kappa shape index (κ3) is 2.03. The molecular weight excluding hydrogens is 196 g/mol. The Balaban J connectivity index is 2.46. The van der Waals surface area contributed by atoms with Crippen LogP contribution in [-0.4, -0.2) is 5.78 Å². The van der Waals surface area contributed by atoms with Crippen LogP contribution in [-0.2, 0) is 0 Å². The number of ketones is 1. The van der Waals surface area contributed by atoms with Crippen molar-refractivity contribution in [1.82, 2.24) is 0 Å². The molecule has 2 aromatic rings. The molecule has 0 aromatic heterocycles. The van der Waals surface area contributed by atoms with Crippen molar-refractivity contribution in [2.24, 2.45) is 0 Å². The molecule has 0 saturated carbocycles. The zero-order valence-corrected chi connectivity index (χ0v) is 9.53. The van der Waals surface area contributed by atoms with Gasteiger partial charge in [0, 0.05) is 5.56 Å². The highest BCUT2D eigenvalue weighted by Crippen LogP contribution is 2.22. The summed E-state index contributed by atoms with van der Waals surface area (Å²) in [6.45, 7) is 3.58. The molecule has 16 heavy (non-hydrogen) atoms. The van der Waals surface area contributed by atoms with Crippen LogP contribution in [0.25, 0.3) is 11.1 Å². The van der Waals surface area contributed by atoms with E-state index in [-0.39, 0.29) is 5.78 Å². The van der Waals surface area contributed by atoms with Crippen molar-refractivity contribution in [3.05, 3.63) is 59.7 Å². The van der Waals surface area contributed by atoms with Gasteiger partial charge in [0.25, 0.3) is 0 Å². The Bertz CT molecular complexity index is 512. The van der Waals surface area contributed by atoms with E-state index in [0.29, 0.717) is 0 Å². The van der Waals surface area contributed by atoms with Crippen LogP contribution in [0.2, 0.25) is 0 Å². The standard InChI is InChI=1S/C15H14O/c1-11-10-14(8-9-15(11)12(2)16)13-6-4-3-5-7-13/h3-10H,1-2H3. The topological polar surface area (TPSA) is 17.1 Å². The number of aryl methyl sites for hydroxylation is 1. The van der Waals surface area contributed by atoms with Gasteiger partial charge in [-0.15, -0.1) is 0 Å². The van der Waals surface area contributed by atoms with Crippen molar-refractivity contribution >= 4 is 5.78 Å². The number of hydrogen-bond donors (Lipinski definition) is 0. The Kier molecular flexibility index (Phi) is 2.86. The second-order valence-electron chi connectivity index (χ2n) is 3.95. The van der Waals surface area contributed by atoms with Crippen molar-refractivity contribution < 1.29 is 4.79 Å². The summed E-state index contributed by atoms with van der Waals surface area (Å²) >= 11 is 0. The first-order valence-electron chi connectivity index (χ1n) is 5.35. The number of Topliss-reactive ketones (excluding diaryl/α,β-unsaturated/α-hetero) is 1. The van der Waals surface area contributed by atoms with Crippen LogP contribution >= 0.6 is 0 Å². The van der Waals surface area contributed by atoms with E-state index < -0.39 is 0 Å². The Morgan fingerprint density at radius 2 is 1.62 bits per heavy atom. The van der Waals surface area contributed by atoms with Crippen molar-refractivity contribution in [2.75, 3.05) is 0 Å². The van der Waals surface area contributed by atoms with Crippen molar-refractivity contribution in [3.63, 3.8) is 0 Å². The molecule has 0 heterocycles. The monoisotopic (exact) mass is 210 g/mol. The van der Waals surface area contributed by atoms with E-state index in [2.05, 4.69) is 18.2 Å². The highest BCUT2D eigenvalue weighted by molar-refractivity contribution is 5.96. The largest absolute Gasteiger partial charge is 0.295 e. The molecule has 1 nitrogen and oxygen atoms in total. The maximum absolute atomic E-state index is 11.3. The fraction of sp³-hybridized carbons (Fsp3) is 0.133. The summed E-state index contributed by atoms with van der Waals surface area (Å²) in [7, 11) is 0. The van der Waals surface area contributed by atoms with E-state index in [1.54, 1.807) is 6.92 Å². The molecule has 2 rings (SSSR count). The third-order valence-electron chi connectivity index (χ3n) is 2.71. The van der Waals surface area contributed by atoms with Crippen LogP contribution in [0.15, 0.2) is 48.5 Å². The van der Waals surface area contributed by atoms with Crippen LogP contribution in [0, 0.1) is 6.92 Å². The molecule has 0 aliphatic carbocycles. The zero-order valence-electron chi connectivity index (χ0n) is 9.53. The van der Waals surface area contributed by atoms with Gasteiger partial charge < -0.3 is 0 Å². The molecule has 0 fully saturated rings. The second-order valence-corrected chi connectivity index (χ2v) is 3.95. The van der Waals surface area contributed by atoms with Crippen LogP contribution in [0.3, 0.4) is 0 Å². The average Bonchev–Trinajstić information content (AvgIpc) is 2.29. The quantitative estimate of drug-likeness (QED) is 0.688. The van der Waals surface area contributed by atoms with Gasteiger partial charge in [-0.1, -0.05) is 48.5 Å². The number of hydrogen-bond acceptors (Lipinski definition) is 1. The molecule has 0 atom stereocenters. The Morgan fingerprint density at radius 3 is 2.19 bits per heavy atom. The minimum absolute atomic E-state index is 0.122. The van der Waals surface area contributed by atoms with E-state index in [1.165, 1.54) is 5.56 Å². The maximum Gasteiger partial charge on any atom is 0.160 e. The van der Waals surface area contributed by atoms with E-state index in [0.717, 1.165) is 16.7 Å². The molecule has 0 radical (unpaired) electrons. The first kappa shape index (κ1) is 10.6. The minimum atomic E-state index is 0.122. The van der Waals surface area contributed by atoms with Gasteiger partial charge in [-0.3, -0.25) is 4.79 Å². The lowest BCUT2D eigenvalue weighted by molar-refractivity contribution is 0.101. The smallest absolute Gasteiger partial charge is 0.160 e. The Labute approximate surface area is 95.7 Å². The molecule has 0 spiro atoms. The minimum Gasteiger partial charge on any atom is -0.295 e. The first-order valence-corrected chi connectivity index (χ1v) is 5.35. The van der Waals surface area contributed by atoms with Gasteiger partial charge in [-0.05, 0) is 30.5 Å². The SMILES string of the molecule is CC(=O)c1ccc(-c2ccccc2)cc1C. The van der Waals surface area contributed by atoms with Crippen LogP contribution in [0.4, 0.5) is 0 Å². The predicted molar refractivity (Wildman–Crippen MR) is 66.6 cm³/mol. The molecule has 0 N–H and O–H groups in total. The lowest BCUT2D eigenvalue weighted by Gasteiger charge is -2.06. The molecule has 0 unspecified atom stereocenters. The fourth-order valence-electron chi connectivity index (χ4n) is 1.87. The third-order valence-corrected chi connectivity index (χ3v) is 2.71. The van der Waals surface area contributed by atoms with Crippen molar-refractivity contribution in [3.8, 4) is 11.1 Å². The van der Waals surface area contributed by atoms with Crippen molar-refractivity contribution in [1.29, 1.82) is 0 Å². The van der Waals surface area contributed by atoms with E-state index >= 15 is 0 Å². The second kappa shape index (κ2) is 4.31. The molecule has 0 bridgehead atoms. The molecule has 1 heteroatoms. The maximum atomic E-state index is 11.3. The van der Waals surface area contributed by atoms with Gasteiger partial charge in [0.2, 0.25) is 0 Å². The molecule has 0 aliphatic heterocycles. The Morgan fingerprint density at radius 1 is 0.938 bits per heavy atom. The number of carbonyl (C=O) groups is 1. The Hall–Kier alpha value is -1.89. The molecule has 0 amide bonds. The molecule has 0 aliphatic rings. The summed E-state index contributed by atoms with van der Waals surface area (Å²) in [6.07, 6.45) is 0. The predicted octanol–water partition coefficient (Wildman–Crippen LogP) is 3.86. The van der Waals surface area contributed by atoms with Gasteiger partial charge in [0.15, 0.2) is 5.78 Å². The summed E-state index contributed by atoms with van der Waals surface area (Å²) in [5.41, 5.74) is 4.18. The van der Waals surface area contributed by atoms with Gasteiger partial charge >= 0.3 is 0 Å². The lowest BCUT2D eigenvalue weighted by Crippen LogP contribution is -1.95. The molecule has 0 saturated heterocycles. The zero-order chi connectivity index (χ0) is 11.5. The highest BCUT2D eigenvalue weighted by Gasteiger charge is 2.05. The number of benzene rings is 2. The fourth-order valence-corrected chi connectivity index (χ4v) is 1.87. The van der Waals surface area contributed by atoms with Gasteiger partial charge in [-0.2, -0.15) is 0 Å². The van der Waals surface area contributed by atoms with Crippen LogP contribution < -0.4 is 0 Å². The summed E-state index contributed by atoms with van der Waals surface area (Å²) in [5, 5.41) is 0. The van der Waals surface area contributed by atoms with Gasteiger partial charge in [0.1, 0.15) is 0 Å². The van der Waals surface area contributed by atoms with Crippen LogP contribution in [0.5, 0.6) is 0 Å². The highest BCUT2D eigenvalue weighted by atomic mass is 16.1. The van der Waals surface area contributed by atoms with Crippen molar-refractivity contribution in [2.45, 2.75) is 13.8 Å². The summed E-state index contributed by atoms with van der Waals surface area (Å²) < 4.78 is 0. The van der Waals surface area contributed by atoms with Crippen LogP contribution in [0.1, 0.15) is 22.8 Å². The van der Waals surface area contributed by atoms with Gasteiger partial charge in [0.05, 0.1) is 0 Å². The van der Waals surface area contributed by atoms with E-state index in [4.69, 9.17) is 0 Å². The molecule has 2 aromatic carbocycles. The lowest BCUT2D eigenvalue weighted by atomic mass is 9.98. The number of carbonyl (C=O) groups excluding carboxylic acids is 1. The average molecular weight is 210 g/mol.